The van der Waals surface area contributed by atoms with E-state index in [1.807, 2.05) is 31.4 Å². The topological polar surface area (TPSA) is 57.0 Å². The second-order valence-corrected chi connectivity index (χ2v) is 7.69. The summed E-state index contributed by atoms with van der Waals surface area (Å²) in [7, 11) is 1.71. The quantitative estimate of drug-likeness (QED) is 0.256. The third-order valence-electron chi connectivity index (χ3n) is 4.15. The highest BCUT2D eigenvalue weighted by molar-refractivity contribution is 8.00. The highest BCUT2D eigenvalue weighted by atomic mass is 32.2. The van der Waals surface area contributed by atoms with Crippen molar-refractivity contribution in [1.82, 2.24) is 14.5 Å². The summed E-state index contributed by atoms with van der Waals surface area (Å²) in [5.74, 6) is 0.520. The normalized spacial score (nSPS) is 11.3. The van der Waals surface area contributed by atoms with E-state index in [-0.39, 0.29) is 5.78 Å². The van der Waals surface area contributed by atoms with Gasteiger partial charge in [-0.25, -0.2) is 9.97 Å². The molecule has 0 amide bonds. The Labute approximate surface area is 155 Å². The highest BCUT2D eigenvalue weighted by Gasteiger charge is 2.17. The fraction of sp³-hybridized carbons (Fsp3) is 0.389. The SMILES string of the molecule is COCCCn1c(C)cc(C(=O)CSc2ncnc3ccsc23)c1C. The van der Waals surface area contributed by atoms with E-state index in [0.717, 1.165) is 51.8 Å². The van der Waals surface area contributed by atoms with Crippen molar-refractivity contribution in [1.29, 1.82) is 0 Å². The Balaban J connectivity index is 1.71. The molecule has 0 unspecified atom stereocenters. The van der Waals surface area contributed by atoms with Crippen molar-refractivity contribution < 1.29 is 9.53 Å². The molecule has 0 radical (unpaired) electrons. The van der Waals surface area contributed by atoms with Crippen molar-refractivity contribution in [2.24, 2.45) is 0 Å². The third-order valence-corrected chi connectivity index (χ3v) is 6.18. The van der Waals surface area contributed by atoms with Crippen molar-refractivity contribution >= 4 is 39.1 Å². The number of aromatic nitrogens is 3. The smallest absolute Gasteiger partial charge is 0.174 e. The number of thioether (sulfide) groups is 1. The monoisotopic (exact) mass is 375 g/mol. The van der Waals surface area contributed by atoms with Crippen molar-refractivity contribution in [2.75, 3.05) is 19.5 Å². The number of carbonyl (C=O) groups is 1. The first kappa shape index (κ1) is 18.1. The van der Waals surface area contributed by atoms with Gasteiger partial charge < -0.3 is 9.30 Å². The molecule has 0 aliphatic heterocycles. The molecule has 0 bridgehead atoms. The molecule has 7 heteroatoms. The van der Waals surface area contributed by atoms with E-state index < -0.39 is 0 Å². The van der Waals surface area contributed by atoms with Gasteiger partial charge in [-0.15, -0.1) is 11.3 Å². The van der Waals surface area contributed by atoms with Gasteiger partial charge in [0.05, 0.1) is 16.0 Å². The minimum atomic E-state index is 0.138. The van der Waals surface area contributed by atoms with Gasteiger partial charge in [0.25, 0.3) is 0 Å². The minimum absolute atomic E-state index is 0.138. The maximum atomic E-state index is 12.7. The van der Waals surface area contributed by atoms with Crippen LogP contribution in [0.2, 0.25) is 0 Å². The van der Waals surface area contributed by atoms with E-state index in [2.05, 4.69) is 14.5 Å². The van der Waals surface area contributed by atoms with Crippen molar-refractivity contribution in [2.45, 2.75) is 31.8 Å². The maximum Gasteiger partial charge on any atom is 0.174 e. The molecule has 0 aliphatic rings. The summed E-state index contributed by atoms with van der Waals surface area (Å²) < 4.78 is 8.36. The Kier molecular flexibility index (Phi) is 5.88. The Hall–Kier alpha value is -1.70. The first-order valence-electron chi connectivity index (χ1n) is 8.11. The number of fused-ring (bicyclic) bond motifs is 1. The molecule has 0 spiro atoms. The van der Waals surface area contributed by atoms with Crippen molar-refractivity contribution in [3.63, 3.8) is 0 Å². The summed E-state index contributed by atoms with van der Waals surface area (Å²) in [5, 5.41) is 2.88. The molecule has 3 aromatic heterocycles. The van der Waals surface area contributed by atoms with E-state index >= 15 is 0 Å². The number of Topliss-reactive ketones (excluding diaryl/α,β-unsaturated/α-hetero) is 1. The van der Waals surface area contributed by atoms with Crippen LogP contribution in [-0.2, 0) is 11.3 Å². The first-order valence-corrected chi connectivity index (χ1v) is 9.98. The number of hydrogen-bond donors (Lipinski definition) is 0. The molecule has 0 aromatic carbocycles. The predicted octanol–water partition coefficient (Wildman–Crippen LogP) is 4.12. The number of aryl methyl sites for hydroxylation is 1. The number of methoxy groups -OCH3 is 1. The van der Waals surface area contributed by atoms with Crippen LogP contribution in [0.3, 0.4) is 0 Å². The number of hydrogen-bond acceptors (Lipinski definition) is 6. The zero-order valence-electron chi connectivity index (χ0n) is 14.6. The number of carbonyl (C=O) groups excluding carboxylic acids is 1. The van der Waals surface area contributed by atoms with Crippen molar-refractivity contribution in [3.05, 3.63) is 40.8 Å². The molecular formula is C18H21N3O2S2. The molecule has 0 atom stereocenters. The van der Waals surface area contributed by atoms with Crippen LogP contribution < -0.4 is 0 Å². The molecule has 132 valence electrons. The zero-order chi connectivity index (χ0) is 17.8. The van der Waals surface area contributed by atoms with Crippen LogP contribution in [0.25, 0.3) is 10.2 Å². The van der Waals surface area contributed by atoms with E-state index in [9.17, 15) is 4.79 Å². The Morgan fingerprint density at radius 1 is 1.36 bits per heavy atom. The summed E-state index contributed by atoms with van der Waals surface area (Å²) in [5.41, 5.74) is 3.89. The first-order chi connectivity index (χ1) is 12.1. The number of rotatable bonds is 8. The second-order valence-electron chi connectivity index (χ2n) is 5.81. The second kappa shape index (κ2) is 8.12. The average molecular weight is 376 g/mol. The van der Waals surface area contributed by atoms with Crippen LogP contribution in [0, 0.1) is 13.8 Å². The van der Waals surface area contributed by atoms with Crippen LogP contribution in [-0.4, -0.2) is 39.8 Å². The van der Waals surface area contributed by atoms with Gasteiger partial charge in [0.2, 0.25) is 0 Å². The van der Waals surface area contributed by atoms with Crippen LogP contribution in [0.4, 0.5) is 0 Å². The molecule has 0 aliphatic carbocycles. The van der Waals surface area contributed by atoms with Gasteiger partial charge in [0.15, 0.2) is 5.78 Å². The van der Waals surface area contributed by atoms with Gasteiger partial charge in [0, 0.05) is 37.2 Å². The number of ketones is 1. The Morgan fingerprint density at radius 3 is 3.00 bits per heavy atom. The molecule has 5 nitrogen and oxygen atoms in total. The number of ether oxygens (including phenoxy) is 1. The van der Waals surface area contributed by atoms with E-state index in [0.29, 0.717) is 5.75 Å². The molecule has 25 heavy (non-hydrogen) atoms. The lowest BCUT2D eigenvalue weighted by atomic mass is 10.2. The van der Waals surface area contributed by atoms with Gasteiger partial charge in [0.1, 0.15) is 11.4 Å². The van der Waals surface area contributed by atoms with E-state index in [4.69, 9.17) is 4.74 Å². The maximum absolute atomic E-state index is 12.7. The third kappa shape index (κ3) is 3.94. The lowest BCUT2D eigenvalue weighted by molar-refractivity contribution is 0.102. The molecule has 3 rings (SSSR count). The van der Waals surface area contributed by atoms with Gasteiger partial charge >= 0.3 is 0 Å². The fourth-order valence-electron chi connectivity index (χ4n) is 2.88. The highest BCUT2D eigenvalue weighted by Crippen LogP contribution is 2.29. The summed E-state index contributed by atoms with van der Waals surface area (Å²) in [6.45, 7) is 5.65. The molecule has 3 aromatic rings. The summed E-state index contributed by atoms with van der Waals surface area (Å²) >= 11 is 3.09. The predicted molar refractivity (Wildman–Crippen MR) is 103 cm³/mol. The van der Waals surface area contributed by atoms with Gasteiger partial charge in [-0.1, -0.05) is 11.8 Å². The number of thiophene rings is 1. The largest absolute Gasteiger partial charge is 0.385 e. The fourth-order valence-corrected chi connectivity index (χ4v) is 4.71. The lowest BCUT2D eigenvalue weighted by Gasteiger charge is -2.09. The molecule has 0 N–H and O–H groups in total. The molecule has 0 fully saturated rings. The van der Waals surface area contributed by atoms with Crippen molar-refractivity contribution in [3.8, 4) is 0 Å². The molecule has 0 saturated carbocycles. The standard InChI is InChI=1S/C18H21N3O2S2/c1-12-9-14(13(2)21(12)6-4-7-23-3)16(22)10-25-18-17-15(5-8-24-17)19-11-20-18/h5,8-9,11H,4,6-7,10H2,1-3H3. The minimum Gasteiger partial charge on any atom is -0.385 e. The van der Waals surface area contributed by atoms with E-state index in [1.165, 1.54) is 11.8 Å². The van der Waals surface area contributed by atoms with Crippen LogP contribution in [0.5, 0.6) is 0 Å². The van der Waals surface area contributed by atoms with Gasteiger partial charge in [-0.2, -0.15) is 0 Å². The molecule has 3 heterocycles. The van der Waals surface area contributed by atoms with Crippen LogP contribution >= 0.6 is 23.1 Å². The summed E-state index contributed by atoms with van der Waals surface area (Å²) in [6.07, 6.45) is 2.50. The zero-order valence-corrected chi connectivity index (χ0v) is 16.2. The lowest BCUT2D eigenvalue weighted by Crippen LogP contribution is -2.08. The molecular weight excluding hydrogens is 354 g/mol. The summed E-state index contributed by atoms with van der Waals surface area (Å²) in [4.78, 5) is 21.3. The van der Waals surface area contributed by atoms with E-state index in [1.54, 1.807) is 24.8 Å². The van der Waals surface area contributed by atoms with Crippen LogP contribution in [0.1, 0.15) is 28.2 Å². The molecule has 0 saturated heterocycles. The number of nitrogens with zero attached hydrogens (tertiary/aromatic N) is 3. The Morgan fingerprint density at radius 2 is 2.20 bits per heavy atom. The summed E-state index contributed by atoms with van der Waals surface area (Å²) in [6, 6.07) is 3.97. The Bertz CT molecular complexity index is 886. The van der Waals surface area contributed by atoms with Crippen LogP contribution in [0.15, 0.2) is 28.9 Å². The van der Waals surface area contributed by atoms with Gasteiger partial charge in [-0.05, 0) is 37.8 Å². The average Bonchev–Trinajstić information content (AvgIpc) is 3.19. The van der Waals surface area contributed by atoms with Gasteiger partial charge in [-0.3, -0.25) is 4.79 Å².